The van der Waals surface area contributed by atoms with Gasteiger partial charge in [-0.1, -0.05) is 123 Å². The van der Waals surface area contributed by atoms with Crippen molar-refractivity contribution in [3.63, 3.8) is 0 Å². The van der Waals surface area contributed by atoms with Gasteiger partial charge in [0.15, 0.2) is 34.3 Å². The average Bonchev–Trinajstić information content (AvgIpc) is 3.68. The highest BCUT2D eigenvalue weighted by Gasteiger charge is 2.24. The standard InChI is InChI=1S/C50H64ClNO6/c1-6-11-18-25-53-42-30-36-37-31-44(55-27-20-13-8-3)45(56-28-21-14-9-4)33-39(37)47-40(38(36)32-43(42)54-26-19-12-7-2)34-46(57-29-22-15-10-5)49-48(47)52-50(58-49)35-23-16-17-24-41(35)51/h16-17,23-24,30-34H,6-15,18-22,25-29H2,1-5H3. The summed E-state index contributed by atoms with van der Waals surface area (Å²) >= 11 is 6.77. The highest BCUT2D eigenvalue weighted by Crippen LogP contribution is 2.49. The number of aromatic nitrogens is 1. The van der Waals surface area contributed by atoms with Crippen LogP contribution in [0.1, 0.15) is 131 Å². The summed E-state index contributed by atoms with van der Waals surface area (Å²) in [4.78, 5) is 5.25. The van der Waals surface area contributed by atoms with Gasteiger partial charge in [-0.25, -0.2) is 4.98 Å². The van der Waals surface area contributed by atoms with E-state index in [2.05, 4.69) is 65.0 Å². The number of oxazole rings is 1. The van der Waals surface area contributed by atoms with Gasteiger partial charge in [-0.3, -0.25) is 0 Å². The van der Waals surface area contributed by atoms with E-state index in [0.717, 1.165) is 157 Å². The fraction of sp³-hybridized carbons (Fsp3) is 0.500. The van der Waals surface area contributed by atoms with Crippen molar-refractivity contribution >= 4 is 55.0 Å². The molecule has 0 N–H and O–H groups in total. The molecular weight excluding hydrogens is 746 g/mol. The summed E-state index contributed by atoms with van der Waals surface area (Å²) in [7, 11) is 0. The first-order chi connectivity index (χ1) is 28.5. The largest absolute Gasteiger partial charge is 0.490 e. The molecule has 0 aliphatic heterocycles. The molecule has 6 rings (SSSR count). The molecule has 0 bridgehead atoms. The Morgan fingerprint density at radius 3 is 1.24 bits per heavy atom. The molecule has 7 nitrogen and oxygen atoms in total. The van der Waals surface area contributed by atoms with Gasteiger partial charge < -0.3 is 28.1 Å². The van der Waals surface area contributed by atoms with Gasteiger partial charge in [0.05, 0.1) is 43.6 Å². The predicted molar refractivity (Wildman–Crippen MR) is 242 cm³/mol. The zero-order valence-corrected chi connectivity index (χ0v) is 36.4. The predicted octanol–water partition coefficient (Wildman–Crippen LogP) is 15.5. The van der Waals surface area contributed by atoms with Crippen molar-refractivity contribution in [2.75, 3.05) is 33.0 Å². The first kappa shape index (κ1) is 43.2. The number of nitrogens with zero attached hydrogens (tertiary/aromatic N) is 1. The number of fused-ring (bicyclic) bond motifs is 8. The average molecular weight is 811 g/mol. The second-order valence-electron chi connectivity index (χ2n) is 15.4. The molecule has 6 aromatic rings. The zero-order valence-electron chi connectivity index (χ0n) is 35.6. The lowest BCUT2D eigenvalue weighted by Gasteiger charge is -2.20. The molecule has 0 saturated heterocycles. The van der Waals surface area contributed by atoms with Crippen LogP contribution >= 0.6 is 11.6 Å². The first-order valence-corrected chi connectivity index (χ1v) is 22.6. The molecule has 0 atom stereocenters. The maximum atomic E-state index is 6.77. The second-order valence-corrected chi connectivity index (χ2v) is 15.8. The number of benzene rings is 5. The third-order valence-electron chi connectivity index (χ3n) is 10.8. The van der Waals surface area contributed by atoms with Gasteiger partial charge in [-0.05, 0) is 101 Å². The Bertz CT molecular complexity index is 2180. The number of halogens is 1. The number of ether oxygens (including phenoxy) is 5. The summed E-state index contributed by atoms with van der Waals surface area (Å²) in [6.07, 6.45) is 15.9. The molecule has 0 aliphatic carbocycles. The summed E-state index contributed by atoms with van der Waals surface area (Å²) in [5, 5.41) is 6.58. The van der Waals surface area contributed by atoms with Crippen LogP contribution in [0.4, 0.5) is 0 Å². The lowest BCUT2D eigenvalue weighted by Crippen LogP contribution is -2.04. The van der Waals surface area contributed by atoms with Crippen LogP contribution in [0.25, 0.3) is 54.9 Å². The van der Waals surface area contributed by atoms with E-state index in [1.165, 1.54) is 0 Å². The molecule has 1 aromatic heterocycles. The molecule has 0 fully saturated rings. The van der Waals surface area contributed by atoms with E-state index in [0.29, 0.717) is 60.8 Å². The Morgan fingerprint density at radius 1 is 0.466 bits per heavy atom. The molecular formula is C50H64ClNO6. The van der Waals surface area contributed by atoms with Gasteiger partial charge in [0.1, 0.15) is 5.52 Å². The topological polar surface area (TPSA) is 72.2 Å². The molecule has 0 radical (unpaired) electrons. The van der Waals surface area contributed by atoms with Crippen molar-refractivity contribution in [3.05, 3.63) is 59.6 Å². The number of rotatable bonds is 26. The quantitative estimate of drug-likeness (QED) is 0.0399. The van der Waals surface area contributed by atoms with Crippen LogP contribution in [0.15, 0.2) is 59.0 Å². The zero-order chi connectivity index (χ0) is 40.7. The van der Waals surface area contributed by atoms with E-state index in [4.69, 9.17) is 44.7 Å². The Labute approximate surface area is 350 Å². The van der Waals surface area contributed by atoms with Crippen LogP contribution in [0.5, 0.6) is 28.7 Å². The van der Waals surface area contributed by atoms with Gasteiger partial charge in [0.2, 0.25) is 5.89 Å². The summed E-state index contributed by atoms with van der Waals surface area (Å²) in [6.45, 7) is 14.1. The normalized spacial score (nSPS) is 11.6. The van der Waals surface area contributed by atoms with Crippen molar-refractivity contribution in [3.8, 4) is 40.2 Å². The third kappa shape index (κ3) is 10.4. The number of unbranched alkanes of at least 4 members (excludes halogenated alkanes) is 10. The van der Waals surface area contributed by atoms with E-state index in [1.807, 2.05) is 24.3 Å². The summed E-state index contributed by atoms with van der Waals surface area (Å²) < 4.78 is 39.6. The minimum Gasteiger partial charge on any atom is -0.490 e. The van der Waals surface area contributed by atoms with E-state index in [1.54, 1.807) is 0 Å². The monoisotopic (exact) mass is 809 g/mol. The fourth-order valence-corrected chi connectivity index (χ4v) is 7.73. The first-order valence-electron chi connectivity index (χ1n) is 22.3. The van der Waals surface area contributed by atoms with Crippen LogP contribution < -0.4 is 23.7 Å². The van der Waals surface area contributed by atoms with Gasteiger partial charge in [-0.2, -0.15) is 0 Å². The van der Waals surface area contributed by atoms with Gasteiger partial charge >= 0.3 is 0 Å². The lowest BCUT2D eigenvalue weighted by atomic mass is 9.92. The van der Waals surface area contributed by atoms with E-state index >= 15 is 0 Å². The minimum absolute atomic E-state index is 0.447. The lowest BCUT2D eigenvalue weighted by molar-refractivity contribution is 0.260. The molecule has 0 aliphatic rings. The van der Waals surface area contributed by atoms with Crippen LogP contribution in [-0.4, -0.2) is 38.0 Å². The van der Waals surface area contributed by atoms with Gasteiger partial charge in [-0.15, -0.1) is 0 Å². The molecule has 8 heteroatoms. The Kier molecular flexibility index (Phi) is 16.5. The highest BCUT2D eigenvalue weighted by molar-refractivity contribution is 6.34. The maximum absolute atomic E-state index is 6.77. The molecule has 5 aromatic carbocycles. The van der Waals surface area contributed by atoms with Crippen LogP contribution in [0.2, 0.25) is 5.02 Å². The number of hydrogen-bond donors (Lipinski definition) is 0. The Morgan fingerprint density at radius 2 is 0.828 bits per heavy atom. The number of hydrogen-bond acceptors (Lipinski definition) is 7. The van der Waals surface area contributed by atoms with Crippen molar-refractivity contribution < 1.29 is 28.1 Å². The summed E-state index contributed by atoms with van der Waals surface area (Å²) in [6, 6.07) is 18.5. The molecule has 58 heavy (non-hydrogen) atoms. The van der Waals surface area contributed by atoms with E-state index < -0.39 is 0 Å². The van der Waals surface area contributed by atoms with Crippen molar-refractivity contribution in [1.82, 2.24) is 4.98 Å². The molecule has 1 heterocycles. The fourth-order valence-electron chi connectivity index (χ4n) is 7.51. The van der Waals surface area contributed by atoms with Crippen LogP contribution in [0, 0.1) is 0 Å². The van der Waals surface area contributed by atoms with Crippen LogP contribution in [-0.2, 0) is 0 Å². The molecule has 312 valence electrons. The van der Waals surface area contributed by atoms with E-state index in [-0.39, 0.29) is 0 Å². The smallest absolute Gasteiger partial charge is 0.229 e. The van der Waals surface area contributed by atoms with Gasteiger partial charge in [0, 0.05) is 5.39 Å². The Hall–Kier alpha value is -4.36. The summed E-state index contributed by atoms with van der Waals surface area (Å²) in [5.41, 5.74) is 2.03. The highest BCUT2D eigenvalue weighted by atomic mass is 35.5. The Balaban J connectivity index is 1.68. The van der Waals surface area contributed by atoms with Crippen molar-refractivity contribution in [1.29, 1.82) is 0 Å². The van der Waals surface area contributed by atoms with E-state index in [9.17, 15) is 0 Å². The SMILES string of the molecule is CCCCCOc1cc2c3cc(OCCCCC)c(OCCCCC)cc3c3c(cc(OCCCCC)c4oc(-c5ccccc5Cl)nc43)c2cc1OCCCCC. The summed E-state index contributed by atoms with van der Waals surface area (Å²) in [5.74, 6) is 4.08. The minimum atomic E-state index is 0.447. The molecule has 0 saturated carbocycles. The van der Waals surface area contributed by atoms with Crippen LogP contribution in [0.3, 0.4) is 0 Å². The van der Waals surface area contributed by atoms with Crippen molar-refractivity contribution in [2.24, 2.45) is 0 Å². The third-order valence-corrected chi connectivity index (χ3v) is 11.1. The van der Waals surface area contributed by atoms with Gasteiger partial charge in [0.25, 0.3) is 0 Å². The van der Waals surface area contributed by atoms with Crippen molar-refractivity contribution in [2.45, 2.75) is 131 Å². The second kappa shape index (κ2) is 22.1. The molecule has 0 spiro atoms. The maximum Gasteiger partial charge on any atom is 0.229 e. The molecule has 0 unspecified atom stereocenters. The molecule has 0 amide bonds.